The minimum absolute atomic E-state index is 0.00735. The fraction of sp³-hybridized carbons (Fsp3) is 0.429. The van der Waals surface area contributed by atoms with E-state index in [0.29, 0.717) is 5.56 Å². The van der Waals surface area contributed by atoms with Crippen molar-refractivity contribution in [2.75, 3.05) is 6.54 Å². The maximum Gasteiger partial charge on any atom is 0.120 e. The Bertz CT molecular complexity index is 396. The molecule has 3 heteroatoms. The lowest BCUT2D eigenvalue weighted by Gasteiger charge is -2.15. The van der Waals surface area contributed by atoms with Gasteiger partial charge in [0.15, 0.2) is 0 Å². The third-order valence-electron chi connectivity index (χ3n) is 2.68. The van der Waals surface area contributed by atoms with Crippen LogP contribution in [0.4, 0.5) is 0 Å². The van der Waals surface area contributed by atoms with Crippen molar-refractivity contribution in [1.82, 2.24) is 5.32 Å². The largest absolute Gasteiger partial charge is 0.508 e. The Morgan fingerprint density at radius 3 is 2.82 bits per heavy atom. The standard InChI is InChI=1S/C14H19NO2/c1-3-4-5-6-9-15-11(2)13-10-12(16)7-8-14(13)17/h1,7-8,10-11,15-17H,4-6,9H2,2H3. The minimum atomic E-state index is 0.00735. The molecule has 92 valence electrons. The zero-order valence-corrected chi connectivity index (χ0v) is 10.1. The highest BCUT2D eigenvalue weighted by molar-refractivity contribution is 5.40. The molecule has 3 N–H and O–H groups in total. The zero-order chi connectivity index (χ0) is 12.7. The van der Waals surface area contributed by atoms with E-state index in [9.17, 15) is 10.2 Å². The van der Waals surface area contributed by atoms with Crippen molar-refractivity contribution < 1.29 is 10.2 Å². The molecule has 0 aliphatic heterocycles. The molecule has 1 aromatic carbocycles. The van der Waals surface area contributed by atoms with E-state index in [2.05, 4.69) is 11.2 Å². The van der Waals surface area contributed by atoms with Crippen LogP contribution in [0.15, 0.2) is 18.2 Å². The maximum absolute atomic E-state index is 9.67. The molecule has 0 aromatic heterocycles. The first kappa shape index (κ1) is 13.4. The lowest BCUT2D eigenvalue weighted by molar-refractivity contribution is 0.440. The lowest BCUT2D eigenvalue weighted by Crippen LogP contribution is -2.19. The quantitative estimate of drug-likeness (QED) is 0.402. The van der Waals surface area contributed by atoms with Gasteiger partial charge in [-0.1, -0.05) is 0 Å². The van der Waals surface area contributed by atoms with Crippen LogP contribution in [0.5, 0.6) is 11.5 Å². The number of phenols is 2. The Morgan fingerprint density at radius 2 is 2.12 bits per heavy atom. The van der Waals surface area contributed by atoms with Gasteiger partial charge >= 0.3 is 0 Å². The van der Waals surface area contributed by atoms with Gasteiger partial charge in [0, 0.05) is 18.0 Å². The van der Waals surface area contributed by atoms with E-state index in [4.69, 9.17) is 6.42 Å². The number of terminal acetylenes is 1. The topological polar surface area (TPSA) is 52.5 Å². The number of nitrogens with one attached hydrogen (secondary N) is 1. The van der Waals surface area contributed by atoms with Gasteiger partial charge in [0.05, 0.1) is 0 Å². The van der Waals surface area contributed by atoms with Crippen LogP contribution in [-0.4, -0.2) is 16.8 Å². The summed E-state index contributed by atoms with van der Waals surface area (Å²) in [5.41, 5.74) is 0.710. The highest BCUT2D eigenvalue weighted by atomic mass is 16.3. The molecule has 0 aliphatic carbocycles. The second kappa shape index (κ2) is 6.82. The van der Waals surface area contributed by atoms with Gasteiger partial charge in [0.25, 0.3) is 0 Å². The van der Waals surface area contributed by atoms with Crippen LogP contribution in [-0.2, 0) is 0 Å². The van der Waals surface area contributed by atoms with Gasteiger partial charge in [-0.3, -0.25) is 0 Å². The van der Waals surface area contributed by atoms with Gasteiger partial charge in [-0.15, -0.1) is 12.3 Å². The molecular formula is C14H19NO2. The average Bonchev–Trinajstić information content (AvgIpc) is 2.32. The van der Waals surface area contributed by atoms with Crippen molar-refractivity contribution in [3.63, 3.8) is 0 Å². The average molecular weight is 233 g/mol. The molecule has 0 bridgehead atoms. The maximum atomic E-state index is 9.67. The minimum Gasteiger partial charge on any atom is -0.508 e. The SMILES string of the molecule is C#CCCCCNC(C)c1cc(O)ccc1O. The van der Waals surface area contributed by atoms with Crippen molar-refractivity contribution in [3.8, 4) is 23.8 Å². The molecule has 1 unspecified atom stereocenters. The molecule has 17 heavy (non-hydrogen) atoms. The fourth-order valence-corrected chi connectivity index (χ4v) is 1.67. The summed E-state index contributed by atoms with van der Waals surface area (Å²) in [6.45, 7) is 2.80. The first-order chi connectivity index (χ1) is 8.15. The summed E-state index contributed by atoms with van der Waals surface area (Å²) < 4.78 is 0. The number of hydrogen-bond donors (Lipinski definition) is 3. The number of benzene rings is 1. The summed E-state index contributed by atoms with van der Waals surface area (Å²) in [7, 11) is 0. The number of rotatable bonds is 6. The number of aromatic hydroxyl groups is 2. The van der Waals surface area contributed by atoms with Crippen LogP contribution in [0.3, 0.4) is 0 Å². The van der Waals surface area contributed by atoms with Crippen molar-refractivity contribution in [2.45, 2.75) is 32.2 Å². The van der Waals surface area contributed by atoms with Gasteiger partial charge < -0.3 is 15.5 Å². The highest BCUT2D eigenvalue weighted by Crippen LogP contribution is 2.27. The van der Waals surface area contributed by atoms with Gasteiger partial charge in [0.1, 0.15) is 11.5 Å². The van der Waals surface area contributed by atoms with Crippen LogP contribution in [0.25, 0.3) is 0 Å². The van der Waals surface area contributed by atoms with Gasteiger partial charge in [-0.2, -0.15) is 0 Å². The van der Waals surface area contributed by atoms with Crippen molar-refractivity contribution in [1.29, 1.82) is 0 Å². The van der Waals surface area contributed by atoms with Crippen LogP contribution in [0.2, 0.25) is 0 Å². The predicted molar refractivity (Wildman–Crippen MR) is 68.9 cm³/mol. The van der Waals surface area contributed by atoms with Crippen molar-refractivity contribution in [2.24, 2.45) is 0 Å². The highest BCUT2D eigenvalue weighted by Gasteiger charge is 2.10. The first-order valence-electron chi connectivity index (χ1n) is 5.84. The Labute approximate surface area is 102 Å². The van der Waals surface area contributed by atoms with Gasteiger partial charge in [-0.05, 0) is 44.5 Å². The summed E-state index contributed by atoms with van der Waals surface area (Å²) in [4.78, 5) is 0. The van der Waals surface area contributed by atoms with E-state index in [1.54, 1.807) is 6.07 Å². The summed E-state index contributed by atoms with van der Waals surface area (Å²) in [5.74, 6) is 2.97. The van der Waals surface area contributed by atoms with Crippen molar-refractivity contribution >= 4 is 0 Å². The van der Waals surface area contributed by atoms with E-state index < -0.39 is 0 Å². The molecule has 0 aliphatic rings. The van der Waals surface area contributed by atoms with Crippen LogP contribution in [0.1, 0.15) is 37.8 Å². The lowest BCUT2D eigenvalue weighted by atomic mass is 10.1. The van der Waals surface area contributed by atoms with E-state index in [1.807, 2.05) is 6.92 Å². The summed E-state index contributed by atoms with van der Waals surface area (Å²) in [6.07, 6.45) is 7.98. The zero-order valence-electron chi connectivity index (χ0n) is 10.1. The molecule has 0 radical (unpaired) electrons. The fourth-order valence-electron chi connectivity index (χ4n) is 1.67. The van der Waals surface area contributed by atoms with Crippen LogP contribution >= 0.6 is 0 Å². The van der Waals surface area contributed by atoms with Gasteiger partial charge in [-0.25, -0.2) is 0 Å². The molecule has 0 fully saturated rings. The predicted octanol–water partition coefficient (Wildman–Crippen LogP) is 2.55. The van der Waals surface area contributed by atoms with Crippen molar-refractivity contribution in [3.05, 3.63) is 23.8 Å². The molecule has 1 rings (SSSR count). The number of unbranched alkanes of at least 4 members (excludes halogenated alkanes) is 2. The second-order valence-corrected chi connectivity index (χ2v) is 4.08. The molecule has 1 aromatic rings. The third kappa shape index (κ3) is 4.38. The van der Waals surface area contributed by atoms with E-state index in [0.717, 1.165) is 25.8 Å². The number of phenolic OH excluding ortho intramolecular Hbond substituents is 2. The first-order valence-corrected chi connectivity index (χ1v) is 5.84. The Balaban J connectivity index is 2.44. The monoisotopic (exact) mass is 233 g/mol. The molecule has 0 saturated heterocycles. The molecule has 0 amide bonds. The molecule has 1 atom stereocenters. The van der Waals surface area contributed by atoms with Crippen LogP contribution < -0.4 is 5.32 Å². The second-order valence-electron chi connectivity index (χ2n) is 4.08. The molecule has 0 saturated carbocycles. The third-order valence-corrected chi connectivity index (χ3v) is 2.68. The molecular weight excluding hydrogens is 214 g/mol. The Hall–Kier alpha value is -1.66. The van der Waals surface area contributed by atoms with E-state index >= 15 is 0 Å². The molecule has 0 heterocycles. The summed E-state index contributed by atoms with van der Waals surface area (Å²) in [6, 6.07) is 4.56. The summed E-state index contributed by atoms with van der Waals surface area (Å²) in [5, 5.41) is 22.3. The summed E-state index contributed by atoms with van der Waals surface area (Å²) >= 11 is 0. The Kier molecular flexibility index (Phi) is 5.38. The smallest absolute Gasteiger partial charge is 0.120 e. The van der Waals surface area contributed by atoms with Gasteiger partial charge in [0.2, 0.25) is 0 Å². The number of hydrogen-bond acceptors (Lipinski definition) is 3. The normalized spacial score (nSPS) is 12.0. The van der Waals surface area contributed by atoms with E-state index in [1.165, 1.54) is 12.1 Å². The molecule has 3 nitrogen and oxygen atoms in total. The van der Waals surface area contributed by atoms with E-state index in [-0.39, 0.29) is 17.5 Å². The van der Waals surface area contributed by atoms with Crippen LogP contribution in [0, 0.1) is 12.3 Å². The Morgan fingerprint density at radius 1 is 1.35 bits per heavy atom. The molecule has 0 spiro atoms.